The first-order valence-corrected chi connectivity index (χ1v) is 7.78. The molecule has 92 valence electrons. The zero-order valence-corrected chi connectivity index (χ0v) is 11.2. The van der Waals surface area contributed by atoms with Gasteiger partial charge in [0.05, 0.1) is 0 Å². The largest absolute Gasteiger partial charge is 0.483 e. The van der Waals surface area contributed by atoms with Gasteiger partial charge in [0.2, 0.25) is 0 Å². The maximum Gasteiger partial charge on any atom is 0.458 e. The van der Waals surface area contributed by atoms with Crippen LogP contribution < -0.4 is 0 Å². The van der Waals surface area contributed by atoms with Gasteiger partial charge in [0, 0.05) is 25.3 Å². The Morgan fingerprint density at radius 3 is 2.25 bits per heavy atom. The average Bonchev–Trinajstić information content (AvgIpc) is 2.12. The number of ether oxygens (including phenoxy) is 1. The van der Waals surface area contributed by atoms with Crippen molar-refractivity contribution in [2.45, 2.75) is 26.9 Å². The summed E-state index contributed by atoms with van der Waals surface area (Å²) in [7, 11) is -2.78. The Morgan fingerprint density at radius 1 is 1.25 bits per heavy atom. The highest BCUT2D eigenvalue weighted by molar-refractivity contribution is 6.67. The SMILES string of the molecule is C=C(C)C(=O)O[Si](C)(C)OC(=O)COCC. The van der Waals surface area contributed by atoms with E-state index in [1.54, 1.807) is 20.0 Å². The van der Waals surface area contributed by atoms with Crippen LogP contribution in [0.25, 0.3) is 0 Å². The molecule has 0 saturated heterocycles. The molecule has 0 radical (unpaired) electrons. The molecule has 6 heteroatoms. The molecule has 0 aliphatic rings. The highest BCUT2D eigenvalue weighted by atomic mass is 28.4. The molecule has 0 aromatic heterocycles. The minimum absolute atomic E-state index is 0.127. The van der Waals surface area contributed by atoms with E-state index in [9.17, 15) is 9.59 Å². The Morgan fingerprint density at radius 2 is 1.81 bits per heavy atom. The van der Waals surface area contributed by atoms with E-state index in [0.29, 0.717) is 6.61 Å². The molecule has 0 unspecified atom stereocenters. The van der Waals surface area contributed by atoms with Crippen LogP contribution in [-0.2, 0) is 23.2 Å². The second-order valence-electron chi connectivity index (χ2n) is 3.68. The van der Waals surface area contributed by atoms with Crippen LogP contribution in [0.2, 0.25) is 13.1 Å². The third-order valence-electron chi connectivity index (χ3n) is 1.47. The van der Waals surface area contributed by atoms with Gasteiger partial charge in [-0.15, -0.1) is 0 Å². The molecule has 0 N–H and O–H groups in total. The van der Waals surface area contributed by atoms with Crippen molar-refractivity contribution in [1.29, 1.82) is 0 Å². The maximum absolute atomic E-state index is 11.2. The lowest BCUT2D eigenvalue weighted by Crippen LogP contribution is -2.40. The summed E-state index contributed by atoms with van der Waals surface area (Å²) in [6, 6.07) is 0. The lowest BCUT2D eigenvalue weighted by molar-refractivity contribution is -0.143. The second kappa shape index (κ2) is 6.44. The van der Waals surface area contributed by atoms with Gasteiger partial charge < -0.3 is 13.6 Å². The van der Waals surface area contributed by atoms with Crippen LogP contribution in [0.15, 0.2) is 12.2 Å². The smallest absolute Gasteiger partial charge is 0.458 e. The molecule has 0 fully saturated rings. The van der Waals surface area contributed by atoms with Crippen LogP contribution in [0.3, 0.4) is 0 Å². The first-order chi connectivity index (χ1) is 7.28. The molecule has 0 aromatic rings. The summed E-state index contributed by atoms with van der Waals surface area (Å²) in [6.07, 6.45) is 0. The van der Waals surface area contributed by atoms with E-state index < -0.39 is 20.5 Å². The highest BCUT2D eigenvalue weighted by Gasteiger charge is 2.33. The summed E-state index contributed by atoms with van der Waals surface area (Å²) >= 11 is 0. The predicted octanol–water partition coefficient (Wildman–Crippen LogP) is 1.39. The Labute approximate surface area is 96.6 Å². The lowest BCUT2D eigenvalue weighted by atomic mass is 10.4. The number of hydrogen-bond acceptors (Lipinski definition) is 5. The molecule has 5 nitrogen and oxygen atoms in total. The molecule has 0 spiro atoms. The number of hydrogen-bond donors (Lipinski definition) is 0. The molecule has 0 aliphatic heterocycles. The van der Waals surface area contributed by atoms with Gasteiger partial charge in [-0.05, 0) is 13.8 Å². The summed E-state index contributed by atoms with van der Waals surface area (Å²) in [5, 5.41) is 0. The first kappa shape index (κ1) is 14.9. The Hall–Kier alpha value is -1.14. The van der Waals surface area contributed by atoms with Crippen molar-refractivity contribution in [3.63, 3.8) is 0 Å². The summed E-state index contributed by atoms with van der Waals surface area (Å²) in [5.74, 6) is -1.06. The molecule has 0 aliphatic carbocycles. The van der Waals surface area contributed by atoms with Gasteiger partial charge in [-0.1, -0.05) is 6.58 Å². The standard InChI is InChI=1S/C10H18O5Si/c1-6-13-7-9(11)14-16(4,5)15-10(12)8(2)3/h2,6-7H2,1,3-5H3. The van der Waals surface area contributed by atoms with Crippen LogP contribution in [0.1, 0.15) is 13.8 Å². The van der Waals surface area contributed by atoms with Crippen molar-refractivity contribution in [2.24, 2.45) is 0 Å². The van der Waals surface area contributed by atoms with E-state index in [4.69, 9.17) is 13.6 Å². The molecule has 0 saturated carbocycles. The molecule has 0 heterocycles. The van der Waals surface area contributed by atoms with E-state index in [-0.39, 0.29) is 12.2 Å². The van der Waals surface area contributed by atoms with Crippen LogP contribution in [0, 0.1) is 0 Å². The molecular weight excluding hydrogens is 228 g/mol. The van der Waals surface area contributed by atoms with Crippen LogP contribution >= 0.6 is 0 Å². The van der Waals surface area contributed by atoms with Gasteiger partial charge in [-0.3, -0.25) is 4.79 Å². The molecule has 0 bridgehead atoms. The van der Waals surface area contributed by atoms with E-state index in [2.05, 4.69) is 6.58 Å². The quantitative estimate of drug-likeness (QED) is 0.523. The van der Waals surface area contributed by atoms with Crippen LogP contribution in [0.4, 0.5) is 0 Å². The van der Waals surface area contributed by atoms with E-state index in [1.165, 1.54) is 6.92 Å². The van der Waals surface area contributed by atoms with Crippen molar-refractivity contribution in [3.05, 3.63) is 12.2 Å². The second-order valence-corrected chi connectivity index (χ2v) is 6.89. The van der Waals surface area contributed by atoms with Crippen molar-refractivity contribution in [2.75, 3.05) is 13.2 Å². The fraction of sp³-hybridized carbons (Fsp3) is 0.600. The zero-order valence-electron chi connectivity index (χ0n) is 10.2. The number of carbonyl (C=O) groups is 2. The normalized spacial score (nSPS) is 10.8. The zero-order chi connectivity index (χ0) is 12.8. The van der Waals surface area contributed by atoms with Crippen molar-refractivity contribution >= 4 is 20.5 Å². The topological polar surface area (TPSA) is 61.8 Å². The van der Waals surface area contributed by atoms with Gasteiger partial charge in [0.25, 0.3) is 0 Å². The minimum Gasteiger partial charge on any atom is -0.483 e. The maximum atomic E-state index is 11.2. The molecule has 0 atom stereocenters. The Kier molecular flexibility index (Phi) is 5.98. The van der Waals surface area contributed by atoms with Gasteiger partial charge in [-0.2, -0.15) is 0 Å². The monoisotopic (exact) mass is 246 g/mol. The number of carbonyl (C=O) groups excluding carboxylic acids is 2. The fourth-order valence-electron chi connectivity index (χ4n) is 0.820. The van der Waals surface area contributed by atoms with Gasteiger partial charge >= 0.3 is 20.5 Å². The molecular formula is C10H18O5Si. The average molecular weight is 246 g/mol. The predicted molar refractivity (Wildman–Crippen MR) is 61.0 cm³/mol. The molecule has 0 amide bonds. The van der Waals surface area contributed by atoms with E-state index >= 15 is 0 Å². The third-order valence-corrected chi connectivity index (χ3v) is 2.87. The van der Waals surface area contributed by atoms with Crippen molar-refractivity contribution in [1.82, 2.24) is 0 Å². The lowest BCUT2D eigenvalue weighted by Gasteiger charge is -2.22. The summed E-state index contributed by atoms with van der Waals surface area (Å²) in [6.45, 7) is 10.3. The Bertz CT molecular complexity index is 285. The van der Waals surface area contributed by atoms with E-state index in [1.807, 2.05) is 0 Å². The van der Waals surface area contributed by atoms with Crippen molar-refractivity contribution in [3.8, 4) is 0 Å². The van der Waals surface area contributed by atoms with Crippen LogP contribution in [-0.4, -0.2) is 33.7 Å². The first-order valence-electron chi connectivity index (χ1n) is 4.97. The van der Waals surface area contributed by atoms with E-state index in [0.717, 1.165) is 0 Å². The highest BCUT2D eigenvalue weighted by Crippen LogP contribution is 2.09. The van der Waals surface area contributed by atoms with Gasteiger partial charge in [-0.25, -0.2) is 4.79 Å². The van der Waals surface area contributed by atoms with Crippen LogP contribution in [0.5, 0.6) is 0 Å². The third kappa shape index (κ3) is 6.36. The molecule has 16 heavy (non-hydrogen) atoms. The fourth-order valence-corrected chi connectivity index (χ4v) is 2.09. The minimum atomic E-state index is -2.78. The molecule has 0 aromatic carbocycles. The molecule has 0 rings (SSSR count). The van der Waals surface area contributed by atoms with Gasteiger partial charge in [0.15, 0.2) is 0 Å². The summed E-state index contributed by atoms with van der Waals surface area (Å²) < 4.78 is 15.0. The Balaban J connectivity index is 4.18. The van der Waals surface area contributed by atoms with Gasteiger partial charge in [0.1, 0.15) is 6.61 Å². The van der Waals surface area contributed by atoms with Crippen molar-refractivity contribution < 1.29 is 23.2 Å². The number of rotatable bonds is 6. The summed E-state index contributed by atoms with van der Waals surface area (Å²) in [4.78, 5) is 22.5. The summed E-state index contributed by atoms with van der Waals surface area (Å²) in [5.41, 5.74) is 0.279.